The Hall–Kier alpha value is -7.92. The molecule has 16 nitrogen and oxygen atoms in total. The van der Waals surface area contributed by atoms with Crippen molar-refractivity contribution in [1.29, 1.82) is 0 Å². The molecular weight excluding hydrogens is 957 g/mol. The van der Waals surface area contributed by atoms with Crippen LogP contribution in [0, 0.1) is 0 Å². The summed E-state index contributed by atoms with van der Waals surface area (Å²) in [7, 11) is 0. The maximum Gasteiger partial charge on any atom is 0.343 e. The van der Waals surface area contributed by atoms with Crippen molar-refractivity contribution >= 4 is 63.6 Å². The summed E-state index contributed by atoms with van der Waals surface area (Å²) < 4.78 is 45.4. The lowest BCUT2D eigenvalue weighted by Crippen LogP contribution is -2.40. The molecule has 0 spiro atoms. The van der Waals surface area contributed by atoms with Gasteiger partial charge in [-0.2, -0.15) is 0 Å². The van der Waals surface area contributed by atoms with E-state index >= 15 is 0 Å². The molecule has 0 bridgehead atoms. The highest BCUT2D eigenvalue weighted by atomic mass is 32.1. The maximum atomic E-state index is 13.6. The fourth-order valence-electron chi connectivity index (χ4n) is 7.30. The lowest BCUT2D eigenvalue weighted by atomic mass is 9.92. The number of carbonyl (C=O) groups excluding carboxylic acids is 6. The third kappa shape index (κ3) is 18.6. The van der Waals surface area contributed by atoms with Crippen LogP contribution in [-0.2, 0) is 55.7 Å². The molecule has 2 unspecified atom stereocenters. The van der Waals surface area contributed by atoms with E-state index in [1.54, 1.807) is 67.8 Å². The number of esters is 6. The third-order valence-electron chi connectivity index (χ3n) is 10.5. The van der Waals surface area contributed by atoms with Gasteiger partial charge in [0.05, 0.1) is 45.4 Å². The summed E-state index contributed by atoms with van der Waals surface area (Å²) in [4.78, 5) is 83.7. The Morgan fingerprint density at radius 3 is 2.05 bits per heavy atom. The number of thiazole rings is 1. The van der Waals surface area contributed by atoms with E-state index in [0.29, 0.717) is 41.9 Å². The lowest BCUT2D eigenvalue weighted by Gasteiger charge is -2.34. The minimum atomic E-state index is -1.03. The molecule has 0 aliphatic heterocycles. The van der Waals surface area contributed by atoms with E-state index in [2.05, 4.69) is 19.7 Å². The number of aromatic nitrogens is 1. The standard InChI is InChI=1S/C56H60N2O14S/c1-9-41(32-48-58-45-15-13-14-16-47(45)73-48)57-33-40-31-37(27-29-66-53(63)38-20-24-43(25-21-38)71-55(5,6)36-56(7,8)72-51(61)12-4)17-26-46(40)70-54(64)39-18-22-42(23-19-39)67-34-44(35-68-50(60)11-3)69-52(62)28-30-65-49(59)10-2/h10-26,31,33,41,44H,2-4,9,27-30,32,34-36H2,1,5-8H3. The second kappa shape index (κ2) is 27.1. The van der Waals surface area contributed by atoms with Crippen LogP contribution in [0.5, 0.6) is 17.2 Å². The number of rotatable bonds is 28. The van der Waals surface area contributed by atoms with Crippen molar-refractivity contribution < 1.29 is 66.7 Å². The fraction of sp³-hybridized carbons (Fsp3) is 0.321. The maximum absolute atomic E-state index is 13.6. The van der Waals surface area contributed by atoms with Crippen molar-refractivity contribution in [2.24, 2.45) is 4.99 Å². The second-order valence-electron chi connectivity index (χ2n) is 17.6. The molecule has 0 N–H and O–H groups in total. The number of carbonyl (C=O) groups is 6. The van der Waals surface area contributed by atoms with Gasteiger partial charge < -0.3 is 37.9 Å². The predicted octanol–water partition coefficient (Wildman–Crippen LogP) is 9.55. The van der Waals surface area contributed by atoms with Gasteiger partial charge >= 0.3 is 35.8 Å². The first-order chi connectivity index (χ1) is 34.9. The third-order valence-corrected chi connectivity index (χ3v) is 11.6. The molecule has 0 amide bonds. The van der Waals surface area contributed by atoms with Gasteiger partial charge in [-0.25, -0.2) is 29.0 Å². The zero-order chi connectivity index (χ0) is 53.0. The summed E-state index contributed by atoms with van der Waals surface area (Å²) in [6, 6.07) is 25.7. The van der Waals surface area contributed by atoms with Crippen LogP contribution >= 0.6 is 11.3 Å². The Morgan fingerprint density at radius 1 is 0.726 bits per heavy atom. The number of para-hydroxylation sites is 1. The molecule has 0 radical (unpaired) electrons. The van der Waals surface area contributed by atoms with Crippen LogP contribution in [0.1, 0.15) is 90.7 Å². The molecule has 5 aromatic rings. The monoisotopic (exact) mass is 1020 g/mol. The first-order valence-electron chi connectivity index (χ1n) is 23.4. The van der Waals surface area contributed by atoms with Gasteiger partial charge in [-0.1, -0.05) is 44.9 Å². The van der Waals surface area contributed by atoms with Crippen LogP contribution in [0.15, 0.2) is 134 Å². The summed E-state index contributed by atoms with van der Waals surface area (Å²) >= 11 is 1.62. The van der Waals surface area contributed by atoms with Gasteiger partial charge in [0, 0.05) is 49.3 Å². The van der Waals surface area contributed by atoms with Gasteiger partial charge in [0.2, 0.25) is 0 Å². The Balaban J connectivity index is 1.24. The minimum Gasteiger partial charge on any atom is -0.490 e. The number of hydrogen-bond donors (Lipinski definition) is 0. The zero-order valence-corrected chi connectivity index (χ0v) is 42.4. The SMILES string of the molecule is C=CC(=O)OCCC(=O)OC(COC(=O)C=C)COc1ccc(C(=O)Oc2ccc(CCOC(=O)c3ccc(OC(C)(C)CC(C)(C)OC(=O)C=C)cc3)cc2C=NC(CC)Cc2nc3ccccc3s2)cc1. The topological polar surface area (TPSA) is 202 Å². The molecule has 384 valence electrons. The van der Waals surface area contributed by atoms with Gasteiger partial charge in [-0.05, 0) is 112 Å². The Labute approximate surface area is 428 Å². The minimum absolute atomic E-state index is 0.0539. The average Bonchev–Trinajstić information content (AvgIpc) is 3.78. The largest absolute Gasteiger partial charge is 0.490 e. The van der Waals surface area contributed by atoms with Crippen molar-refractivity contribution in [2.75, 3.05) is 26.4 Å². The summed E-state index contributed by atoms with van der Waals surface area (Å²) in [5.41, 5.74) is 1.25. The van der Waals surface area contributed by atoms with Crippen molar-refractivity contribution in [3.8, 4) is 17.2 Å². The van der Waals surface area contributed by atoms with Crippen LogP contribution in [0.4, 0.5) is 0 Å². The molecule has 2 atom stereocenters. The van der Waals surface area contributed by atoms with Crippen molar-refractivity contribution in [3.05, 3.63) is 156 Å². The quantitative estimate of drug-likeness (QED) is 0.0151. The van der Waals surface area contributed by atoms with Crippen LogP contribution in [0.3, 0.4) is 0 Å². The summed E-state index contributed by atoms with van der Waals surface area (Å²) in [5.74, 6) is -2.78. The first kappa shape index (κ1) is 56.0. The molecule has 1 heterocycles. The van der Waals surface area contributed by atoms with Crippen molar-refractivity contribution in [3.63, 3.8) is 0 Å². The Kier molecular flexibility index (Phi) is 20.8. The molecule has 0 saturated heterocycles. The molecule has 73 heavy (non-hydrogen) atoms. The molecule has 0 fully saturated rings. The van der Waals surface area contributed by atoms with Gasteiger partial charge in [0.25, 0.3) is 0 Å². The van der Waals surface area contributed by atoms with E-state index < -0.39 is 53.1 Å². The summed E-state index contributed by atoms with van der Waals surface area (Å²) in [6.07, 6.45) is 5.50. The Morgan fingerprint density at radius 2 is 1.38 bits per heavy atom. The second-order valence-corrected chi connectivity index (χ2v) is 18.7. The highest BCUT2D eigenvalue weighted by Crippen LogP contribution is 2.30. The molecule has 17 heteroatoms. The normalized spacial score (nSPS) is 12.2. The van der Waals surface area contributed by atoms with Crippen LogP contribution < -0.4 is 14.2 Å². The van der Waals surface area contributed by atoms with E-state index in [1.807, 2.05) is 51.1 Å². The van der Waals surface area contributed by atoms with Gasteiger partial charge in [-0.15, -0.1) is 11.3 Å². The Bertz CT molecular complexity index is 2740. The van der Waals surface area contributed by atoms with E-state index in [-0.39, 0.29) is 50.2 Å². The molecule has 5 rings (SSSR count). The zero-order valence-electron chi connectivity index (χ0n) is 41.6. The van der Waals surface area contributed by atoms with Gasteiger partial charge in [0.1, 0.15) is 48.3 Å². The molecule has 0 aliphatic rings. The molecular formula is C56H60N2O14S. The average molecular weight is 1020 g/mol. The fourth-order valence-corrected chi connectivity index (χ4v) is 8.34. The smallest absolute Gasteiger partial charge is 0.343 e. The lowest BCUT2D eigenvalue weighted by molar-refractivity contribution is -0.160. The molecule has 4 aromatic carbocycles. The molecule has 1 aromatic heterocycles. The van der Waals surface area contributed by atoms with E-state index in [0.717, 1.165) is 45.4 Å². The van der Waals surface area contributed by atoms with Crippen LogP contribution in [0.2, 0.25) is 0 Å². The summed E-state index contributed by atoms with van der Waals surface area (Å²) in [5, 5.41) is 0.954. The summed E-state index contributed by atoms with van der Waals surface area (Å²) in [6.45, 7) is 18.8. The highest BCUT2D eigenvalue weighted by molar-refractivity contribution is 7.18. The molecule has 0 saturated carbocycles. The van der Waals surface area contributed by atoms with Crippen LogP contribution in [0.25, 0.3) is 10.2 Å². The number of hydrogen-bond acceptors (Lipinski definition) is 17. The van der Waals surface area contributed by atoms with E-state index in [9.17, 15) is 28.8 Å². The highest BCUT2D eigenvalue weighted by Gasteiger charge is 2.33. The van der Waals surface area contributed by atoms with Crippen LogP contribution in [-0.4, -0.2) is 96.8 Å². The van der Waals surface area contributed by atoms with E-state index in [1.165, 1.54) is 24.3 Å². The number of fused-ring (bicyclic) bond motifs is 1. The number of ether oxygens (including phenoxy) is 8. The van der Waals surface area contributed by atoms with Crippen molar-refractivity contribution in [1.82, 2.24) is 4.98 Å². The molecule has 0 aliphatic carbocycles. The predicted molar refractivity (Wildman–Crippen MR) is 275 cm³/mol. The van der Waals surface area contributed by atoms with E-state index in [4.69, 9.17) is 47.9 Å². The number of benzene rings is 4. The first-order valence-corrected chi connectivity index (χ1v) is 24.2. The number of nitrogens with zero attached hydrogens (tertiary/aromatic N) is 2. The van der Waals surface area contributed by atoms with Gasteiger partial charge in [-0.3, -0.25) is 9.79 Å². The van der Waals surface area contributed by atoms with Crippen molar-refractivity contribution in [2.45, 2.75) is 90.1 Å². The van der Waals surface area contributed by atoms with Gasteiger partial charge in [0.15, 0.2) is 6.10 Å². The number of aliphatic imine (C=N–C) groups is 1.